The van der Waals surface area contributed by atoms with Gasteiger partial charge in [-0.2, -0.15) is 0 Å². The van der Waals surface area contributed by atoms with Crippen molar-refractivity contribution in [2.45, 2.75) is 46.1 Å². The van der Waals surface area contributed by atoms with E-state index >= 15 is 0 Å². The van der Waals surface area contributed by atoms with E-state index in [-0.39, 0.29) is 0 Å². The number of nitrogens with two attached hydrogens (primary N) is 1. The lowest BCUT2D eigenvalue weighted by atomic mass is 10.0. The number of nitrogen functional groups attached to an aromatic ring is 1. The van der Waals surface area contributed by atoms with Gasteiger partial charge < -0.3 is 15.2 Å². The van der Waals surface area contributed by atoms with Crippen molar-refractivity contribution >= 4 is 5.69 Å². The second-order valence-corrected chi connectivity index (χ2v) is 5.00. The molecule has 3 nitrogen and oxygen atoms in total. The van der Waals surface area contributed by atoms with Crippen LogP contribution in [0.5, 0.6) is 5.75 Å². The number of rotatable bonds is 9. The van der Waals surface area contributed by atoms with E-state index in [1.54, 1.807) is 7.11 Å². The van der Waals surface area contributed by atoms with Gasteiger partial charge >= 0.3 is 0 Å². The molecule has 3 heteroatoms. The highest BCUT2D eigenvalue weighted by Gasteiger charge is 2.08. The zero-order valence-electron chi connectivity index (χ0n) is 12.4. The zero-order chi connectivity index (χ0) is 14.1. The van der Waals surface area contributed by atoms with Crippen LogP contribution in [-0.4, -0.2) is 13.7 Å². The van der Waals surface area contributed by atoms with E-state index in [1.165, 1.54) is 25.7 Å². The van der Waals surface area contributed by atoms with E-state index < -0.39 is 0 Å². The molecule has 0 fully saturated rings. The van der Waals surface area contributed by atoms with E-state index in [4.69, 9.17) is 15.2 Å². The highest BCUT2D eigenvalue weighted by Crippen LogP contribution is 2.22. The van der Waals surface area contributed by atoms with Crippen LogP contribution in [0.2, 0.25) is 0 Å². The standard InChI is InChI=1S/C16H27NO2/c1-4-6-7-13(5-2)11-19-12-14-10-15(17)8-9-16(14)18-3/h8-10,13H,4-7,11-12,17H2,1-3H3. The maximum Gasteiger partial charge on any atom is 0.124 e. The molecule has 0 aliphatic rings. The van der Waals surface area contributed by atoms with Crippen LogP contribution in [-0.2, 0) is 11.3 Å². The summed E-state index contributed by atoms with van der Waals surface area (Å²) in [6.45, 7) is 5.83. The summed E-state index contributed by atoms with van der Waals surface area (Å²) in [6.07, 6.45) is 4.96. The van der Waals surface area contributed by atoms with Gasteiger partial charge in [0.15, 0.2) is 0 Å². The molecule has 0 heterocycles. The van der Waals surface area contributed by atoms with Crippen molar-refractivity contribution in [2.24, 2.45) is 5.92 Å². The summed E-state index contributed by atoms with van der Waals surface area (Å²) < 4.78 is 11.1. The number of benzene rings is 1. The monoisotopic (exact) mass is 265 g/mol. The Kier molecular flexibility index (Phi) is 7.34. The van der Waals surface area contributed by atoms with Crippen LogP contribution in [0.1, 0.15) is 45.1 Å². The Morgan fingerprint density at radius 2 is 2.05 bits per heavy atom. The van der Waals surface area contributed by atoms with Crippen molar-refractivity contribution in [1.82, 2.24) is 0 Å². The second kappa shape index (κ2) is 8.81. The highest BCUT2D eigenvalue weighted by molar-refractivity contribution is 5.47. The van der Waals surface area contributed by atoms with Crippen molar-refractivity contribution < 1.29 is 9.47 Å². The molecule has 1 rings (SSSR count). The first-order valence-corrected chi connectivity index (χ1v) is 7.21. The molecular formula is C16H27NO2. The molecule has 1 atom stereocenters. The predicted molar refractivity (Wildman–Crippen MR) is 80.4 cm³/mol. The molecule has 0 bridgehead atoms. The Hall–Kier alpha value is -1.22. The fourth-order valence-corrected chi connectivity index (χ4v) is 2.14. The minimum atomic E-state index is 0.566. The summed E-state index contributed by atoms with van der Waals surface area (Å²) in [5, 5.41) is 0. The lowest BCUT2D eigenvalue weighted by molar-refractivity contribution is 0.0807. The number of hydrogen-bond acceptors (Lipinski definition) is 3. The van der Waals surface area contributed by atoms with E-state index in [2.05, 4.69) is 13.8 Å². The second-order valence-electron chi connectivity index (χ2n) is 5.00. The van der Waals surface area contributed by atoms with Gasteiger partial charge in [-0.3, -0.25) is 0 Å². The molecule has 2 N–H and O–H groups in total. The smallest absolute Gasteiger partial charge is 0.124 e. The molecule has 0 aromatic heterocycles. The van der Waals surface area contributed by atoms with Crippen LogP contribution < -0.4 is 10.5 Å². The van der Waals surface area contributed by atoms with Gasteiger partial charge in [0, 0.05) is 17.9 Å². The van der Waals surface area contributed by atoms with Gasteiger partial charge in [-0.15, -0.1) is 0 Å². The minimum Gasteiger partial charge on any atom is -0.496 e. The van der Waals surface area contributed by atoms with Gasteiger partial charge in [0.2, 0.25) is 0 Å². The summed E-state index contributed by atoms with van der Waals surface area (Å²) >= 11 is 0. The lowest BCUT2D eigenvalue weighted by Crippen LogP contribution is -2.09. The Morgan fingerprint density at radius 1 is 1.26 bits per heavy atom. The third kappa shape index (κ3) is 5.52. The van der Waals surface area contributed by atoms with Gasteiger partial charge in [-0.1, -0.05) is 33.1 Å². The summed E-state index contributed by atoms with van der Waals surface area (Å²) in [5.41, 5.74) is 7.56. The number of methoxy groups -OCH3 is 1. The van der Waals surface area contributed by atoms with Crippen LogP contribution in [0.15, 0.2) is 18.2 Å². The molecular weight excluding hydrogens is 238 g/mol. The van der Waals surface area contributed by atoms with Crippen molar-refractivity contribution in [2.75, 3.05) is 19.5 Å². The number of unbranched alkanes of at least 4 members (excludes halogenated alkanes) is 1. The van der Waals surface area contributed by atoms with Crippen LogP contribution in [0, 0.1) is 5.92 Å². The summed E-state index contributed by atoms with van der Waals surface area (Å²) in [5.74, 6) is 1.50. The van der Waals surface area contributed by atoms with E-state index in [0.29, 0.717) is 12.5 Å². The maximum absolute atomic E-state index is 5.83. The normalized spacial score (nSPS) is 12.4. The van der Waals surface area contributed by atoms with Crippen molar-refractivity contribution in [3.63, 3.8) is 0 Å². The molecule has 1 aromatic rings. The quantitative estimate of drug-likeness (QED) is 0.686. The first-order valence-electron chi connectivity index (χ1n) is 7.21. The SMILES string of the molecule is CCCCC(CC)COCc1cc(N)ccc1OC. The average Bonchev–Trinajstić information content (AvgIpc) is 2.43. The number of hydrogen-bond donors (Lipinski definition) is 1. The number of ether oxygens (including phenoxy) is 2. The van der Waals surface area contributed by atoms with Crippen molar-refractivity contribution in [1.29, 1.82) is 0 Å². The minimum absolute atomic E-state index is 0.566. The van der Waals surface area contributed by atoms with Crippen LogP contribution in [0.3, 0.4) is 0 Å². The van der Waals surface area contributed by atoms with Crippen molar-refractivity contribution in [3.8, 4) is 5.75 Å². The van der Waals surface area contributed by atoms with Gasteiger partial charge in [0.05, 0.1) is 13.7 Å². The molecule has 0 saturated heterocycles. The van der Waals surface area contributed by atoms with Gasteiger partial charge in [0.25, 0.3) is 0 Å². The van der Waals surface area contributed by atoms with E-state index in [1.807, 2.05) is 18.2 Å². The van der Waals surface area contributed by atoms with Crippen molar-refractivity contribution in [3.05, 3.63) is 23.8 Å². The predicted octanol–water partition coefficient (Wildman–Crippen LogP) is 4.01. The molecule has 0 saturated carbocycles. The summed E-state index contributed by atoms with van der Waals surface area (Å²) in [7, 11) is 1.67. The zero-order valence-corrected chi connectivity index (χ0v) is 12.4. The lowest BCUT2D eigenvalue weighted by Gasteiger charge is -2.15. The first-order chi connectivity index (χ1) is 9.21. The first kappa shape index (κ1) is 15.8. The molecule has 0 spiro atoms. The van der Waals surface area contributed by atoms with Gasteiger partial charge in [0.1, 0.15) is 5.75 Å². The Labute approximate surface area is 117 Å². The largest absolute Gasteiger partial charge is 0.496 e. The van der Waals surface area contributed by atoms with E-state index in [9.17, 15) is 0 Å². The average molecular weight is 265 g/mol. The van der Waals surface area contributed by atoms with E-state index in [0.717, 1.165) is 23.6 Å². The topological polar surface area (TPSA) is 44.5 Å². The molecule has 1 aromatic carbocycles. The number of anilines is 1. The third-order valence-corrected chi connectivity index (χ3v) is 3.46. The summed E-state index contributed by atoms with van der Waals surface area (Å²) in [6, 6.07) is 5.66. The van der Waals surface area contributed by atoms with Crippen LogP contribution in [0.25, 0.3) is 0 Å². The molecule has 0 aliphatic heterocycles. The Bertz CT molecular complexity index is 366. The Morgan fingerprint density at radius 3 is 2.68 bits per heavy atom. The molecule has 1 unspecified atom stereocenters. The highest BCUT2D eigenvalue weighted by atomic mass is 16.5. The maximum atomic E-state index is 5.83. The van der Waals surface area contributed by atoms with Gasteiger partial charge in [-0.05, 0) is 30.5 Å². The molecule has 0 aliphatic carbocycles. The Balaban J connectivity index is 2.45. The molecule has 0 amide bonds. The summed E-state index contributed by atoms with van der Waals surface area (Å²) in [4.78, 5) is 0. The fourth-order valence-electron chi connectivity index (χ4n) is 2.14. The van der Waals surface area contributed by atoms with Crippen LogP contribution >= 0.6 is 0 Å². The molecule has 108 valence electrons. The third-order valence-electron chi connectivity index (χ3n) is 3.46. The molecule has 19 heavy (non-hydrogen) atoms. The molecule has 0 radical (unpaired) electrons. The van der Waals surface area contributed by atoms with Crippen LogP contribution in [0.4, 0.5) is 5.69 Å². The van der Waals surface area contributed by atoms with Gasteiger partial charge in [-0.25, -0.2) is 0 Å². The fraction of sp³-hybridized carbons (Fsp3) is 0.625.